The molecule has 7 heteroatoms. The minimum absolute atomic E-state index is 0.120. The Hall–Kier alpha value is -1.34. The van der Waals surface area contributed by atoms with Gasteiger partial charge in [0, 0.05) is 39.3 Å². The van der Waals surface area contributed by atoms with Gasteiger partial charge in [-0.25, -0.2) is 4.79 Å². The van der Waals surface area contributed by atoms with Gasteiger partial charge in [0.25, 0.3) is 0 Å². The van der Waals surface area contributed by atoms with Crippen LogP contribution in [0, 0.1) is 0 Å². The summed E-state index contributed by atoms with van der Waals surface area (Å²) in [7, 11) is 0. The molecular formula is C12H23N3O4. The molecule has 1 heterocycles. The number of rotatable bonds is 6. The lowest BCUT2D eigenvalue weighted by Gasteiger charge is -2.36. The molecule has 110 valence electrons. The van der Waals surface area contributed by atoms with Crippen molar-refractivity contribution in [3.05, 3.63) is 0 Å². The van der Waals surface area contributed by atoms with E-state index in [-0.39, 0.29) is 19.2 Å². The molecule has 0 aromatic heterocycles. The van der Waals surface area contributed by atoms with Crippen LogP contribution in [0.5, 0.6) is 0 Å². The molecule has 0 saturated carbocycles. The first-order valence-corrected chi connectivity index (χ1v) is 6.67. The van der Waals surface area contributed by atoms with Crippen LogP contribution in [0.4, 0.5) is 4.79 Å². The molecule has 0 spiro atoms. The van der Waals surface area contributed by atoms with Crippen LogP contribution >= 0.6 is 0 Å². The number of hydrogen-bond acceptors (Lipinski definition) is 4. The Morgan fingerprint density at radius 2 is 1.84 bits per heavy atom. The minimum Gasteiger partial charge on any atom is -0.480 e. The van der Waals surface area contributed by atoms with Gasteiger partial charge in [-0.05, 0) is 6.42 Å². The molecule has 0 aliphatic carbocycles. The highest BCUT2D eigenvalue weighted by molar-refractivity contribution is 5.80. The number of piperazine rings is 1. The average Bonchev–Trinajstić information content (AvgIpc) is 2.38. The molecule has 0 bridgehead atoms. The molecule has 1 rings (SSSR count). The number of urea groups is 1. The number of aliphatic hydroxyl groups excluding tert-OH is 1. The van der Waals surface area contributed by atoms with E-state index in [1.807, 2.05) is 6.92 Å². The third-order valence-corrected chi connectivity index (χ3v) is 3.15. The molecule has 0 radical (unpaired) electrons. The number of carboxylic acid groups (broad SMARTS) is 1. The van der Waals surface area contributed by atoms with Gasteiger partial charge in [0.05, 0.1) is 6.61 Å². The van der Waals surface area contributed by atoms with Crippen molar-refractivity contribution < 1.29 is 19.8 Å². The van der Waals surface area contributed by atoms with Crippen LogP contribution in [0.2, 0.25) is 0 Å². The van der Waals surface area contributed by atoms with E-state index in [0.29, 0.717) is 26.2 Å². The van der Waals surface area contributed by atoms with Gasteiger partial charge in [0.2, 0.25) is 0 Å². The van der Waals surface area contributed by atoms with Crippen LogP contribution in [0.25, 0.3) is 0 Å². The molecule has 2 N–H and O–H groups in total. The van der Waals surface area contributed by atoms with Crippen LogP contribution in [0.3, 0.4) is 0 Å². The van der Waals surface area contributed by atoms with Crippen molar-refractivity contribution in [2.75, 3.05) is 52.4 Å². The lowest BCUT2D eigenvalue weighted by molar-refractivity contribution is -0.137. The smallest absolute Gasteiger partial charge is 0.323 e. The van der Waals surface area contributed by atoms with Gasteiger partial charge in [-0.1, -0.05) is 6.92 Å². The van der Waals surface area contributed by atoms with E-state index in [1.165, 1.54) is 4.90 Å². The first kappa shape index (κ1) is 15.7. The molecular weight excluding hydrogens is 250 g/mol. The Labute approximate surface area is 113 Å². The number of carboxylic acids is 1. The Balaban J connectivity index is 2.49. The molecule has 0 atom stereocenters. The van der Waals surface area contributed by atoms with Gasteiger partial charge in [-0.2, -0.15) is 0 Å². The summed E-state index contributed by atoms with van der Waals surface area (Å²) >= 11 is 0. The Kier molecular flexibility index (Phi) is 6.58. The fourth-order valence-electron chi connectivity index (χ4n) is 2.18. The summed E-state index contributed by atoms with van der Waals surface area (Å²) in [5, 5.41) is 17.7. The number of carbonyl (C=O) groups is 2. The summed E-state index contributed by atoms with van der Waals surface area (Å²) in [6.45, 7) is 5.48. The van der Waals surface area contributed by atoms with Crippen molar-refractivity contribution in [2.45, 2.75) is 13.3 Å². The van der Waals surface area contributed by atoms with Crippen molar-refractivity contribution in [3.8, 4) is 0 Å². The van der Waals surface area contributed by atoms with E-state index in [1.54, 1.807) is 4.90 Å². The van der Waals surface area contributed by atoms with E-state index in [9.17, 15) is 9.59 Å². The summed E-state index contributed by atoms with van der Waals surface area (Å²) < 4.78 is 0. The summed E-state index contributed by atoms with van der Waals surface area (Å²) in [6, 6.07) is -0.201. The molecule has 2 amide bonds. The standard InChI is InChI=1S/C12H23N3O4/c1-2-3-15(10-11(17)18)12(19)14-6-4-13(5-7-14)8-9-16/h16H,2-10H2,1H3,(H,17,18). The van der Waals surface area contributed by atoms with E-state index < -0.39 is 5.97 Å². The monoisotopic (exact) mass is 273 g/mol. The highest BCUT2D eigenvalue weighted by Gasteiger charge is 2.25. The highest BCUT2D eigenvalue weighted by Crippen LogP contribution is 2.06. The number of aliphatic carboxylic acids is 1. The molecule has 1 saturated heterocycles. The largest absolute Gasteiger partial charge is 0.480 e. The maximum absolute atomic E-state index is 12.2. The van der Waals surface area contributed by atoms with Crippen molar-refractivity contribution in [2.24, 2.45) is 0 Å². The zero-order valence-corrected chi connectivity index (χ0v) is 11.4. The van der Waals surface area contributed by atoms with Gasteiger partial charge in [0.1, 0.15) is 6.54 Å². The first-order chi connectivity index (χ1) is 9.08. The minimum atomic E-state index is -0.985. The average molecular weight is 273 g/mol. The lowest BCUT2D eigenvalue weighted by atomic mass is 10.3. The second-order valence-electron chi connectivity index (χ2n) is 4.65. The molecule has 1 aliphatic rings. The van der Waals surface area contributed by atoms with E-state index >= 15 is 0 Å². The van der Waals surface area contributed by atoms with Crippen molar-refractivity contribution in [1.29, 1.82) is 0 Å². The van der Waals surface area contributed by atoms with Gasteiger partial charge in [-0.3, -0.25) is 9.69 Å². The number of β-amino-alcohol motifs (C(OH)–C–C–N with tert-alkyl or cyclic N) is 1. The fraction of sp³-hybridized carbons (Fsp3) is 0.833. The molecule has 1 fully saturated rings. The summed E-state index contributed by atoms with van der Waals surface area (Å²) in [5.74, 6) is -0.985. The van der Waals surface area contributed by atoms with Gasteiger partial charge < -0.3 is 20.0 Å². The number of aliphatic hydroxyl groups is 1. The summed E-state index contributed by atoms with van der Waals surface area (Å²) in [6.07, 6.45) is 0.740. The van der Waals surface area contributed by atoms with Crippen molar-refractivity contribution in [3.63, 3.8) is 0 Å². The van der Waals surface area contributed by atoms with Crippen LogP contribution in [0.1, 0.15) is 13.3 Å². The van der Waals surface area contributed by atoms with E-state index in [0.717, 1.165) is 19.5 Å². The predicted molar refractivity (Wildman–Crippen MR) is 70.0 cm³/mol. The van der Waals surface area contributed by atoms with Gasteiger partial charge in [0.15, 0.2) is 0 Å². The highest BCUT2D eigenvalue weighted by atomic mass is 16.4. The number of hydrogen-bond donors (Lipinski definition) is 2. The number of nitrogens with zero attached hydrogens (tertiary/aromatic N) is 3. The molecule has 1 aliphatic heterocycles. The van der Waals surface area contributed by atoms with Crippen molar-refractivity contribution >= 4 is 12.0 Å². The van der Waals surface area contributed by atoms with Crippen LogP contribution in [0.15, 0.2) is 0 Å². The Morgan fingerprint density at radius 3 is 2.32 bits per heavy atom. The summed E-state index contributed by atoms with van der Waals surface area (Å²) in [5.41, 5.74) is 0. The second kappa shape index (κ2) is 7.96. The number of carbonyl (C=O) groups excluding carboxylic acids is 1. The topological polar surface area (TPSA) is 84.3 Å². The number of amides is 2. The first-order valence-electron chi connectivity index (χ1n) is 6.67. The van der Waals surface area contributed by atoms with Crippen LogP contribution in [-0.4, -0.2) is 89.3 Å². The van der Waals surface area contributed by atoms with Gasteiger partial charge >= 0.3 is 12.0 Å². The van der Waals surface area contributed by atoms with Crippen LogP contribution < -0.4 is 0 Å². The fourth-order valence-corrected chi connectivity index (χ4v) is 2.18. The Bertz CT molecular complexity index is 303. The molecule has 19 heavy (non-hydrogen) atoms. The Morgan fingerprint density at radius 1 is 1.21 bits per heavy atom. The zero-order chi connectivity index (χ0) is 14.3. The lowest BCUT2D eigenvalue weighted by Crippen LogP contribution is -2.54. The van der Waals surface area contributed by atoms with Gasteiger partial charge in [-0.15, -0.1) is 0 Å². The quantitative estimate of drug-likeness (QED) is 0.682. The third kappa shape index (κ3) is 5.04. The van der Waals surface area contributed by atoms with Crippen LogP contribution in [-0.2, 0) is 4.79 Å². The maximum Gasteiger partial charge on any atom is 0.323 e. The summed E-state index contributed by atoms with van der Waals surface area (Å²) in [4.78, 5) is 28.1. The predicted octanol–water partition coefficient (Wildman–Crippen LogP) is -0.487. The third-order valence-electron chi connectivity index (χ3n) is 3.15. The maximum atomic E-state index is 12.2. The molecule has 0 aromatic rings. The van der Waals surface area contributed by atoms with Crippen molar-refractivity contribution in [1.82, 2.24) is 14.7 Å². The zero-order valence-electron chi connectivity index (χ0n) is 11.4. The second-order valence-corrected chi connectivity index (χ2v) is 4.65. The molecule has 7 nitrogen and oxygen atoms in total. The SMILES string of the molecule is CCCN(CC(=O)O)C(=O)N1CCN(CCO)CC1. The molecule has 0 unspecified atom stereocenters. The van der Waals surface area contributed by atoms with E-state index in [2.05, 4.69) is 4.90 Å². The van der Waals surface area contributed by atoms with E-state index in [4.69, 9.17) is 10.2 Å². The normalized spacial score (nSPS) is 16.4. The molecule has 0 aromatic carbocycles.